The quantitative estimate of drug-likeness (QED) is 0.877. The number of rotatable bonds is 1. The number of nitrogens with two attached hydrogens (primary N) is 1. The largest absolute Gasteiger partial charge is 0.493 e. The van der Waals surface area contributed by atoms with E-state index in [9.17, 15) is 0 Å². The van der Waals surface area contributed by atoms with Gasteiger partial charge in [-0.15, -0.1) is 0 Å². The van der Waals surface area contributed by atoms with Crippen LogP contribution in [-0.2, 0) is 0 Å². The minimum atomic E-state index is 0.152. The second-order valence-corrected chi connectivity index (χ2v) is 5.39. The predicted octanol–water partition coefficient (Wildman–Crippen LogP) is 3.04. The number of benzene rings is 1. The van der Waals surface area contributed by atoms with Crippen LogP contribution in [0.15, 0.2) is 28.7 Å². The van der Waals surface area contributed by atoms with Crippen molar-refractivity contribution < 1.29 is 4.74 Å². The van der Waals surface area contributed by atoms with Crippen LogP contribution in [0.2, 0.25) is 0 Å². The smallest absolute Gasteiger partial charge is 0.141 e. The summed E-state index contributed by atoms with van der Waals surface area (Å²) in [6, 6.07) is 8.03. The third-order valence-electron chi connectivity index (χ3n) is 3.33. The molecule has 0 radical (unpaired) electrons. The van der Waals surface area contributed by atoms with Crippen molar-refractivity contribution in [2.24, 2.45) is 0 Å². The van der Waals surface area contributed by atoms with Crippen LogP contribution in [0.3, 0.4) is 0 Å². The van der Waals surface area contributed by atoms with Gasteiger partial charge in [0.15, 0.2) is 0 Å². The van der Waals surface area contributed by atoms with Crippen LogP contribution in [0.5, 0.6) is 5.75 Å². The predicted molar refractivity (Wildman–Crippen MR) is 77.3 cm³/mol. The summed E-state index contributed by atoms with van der Waals surface area (Å²) < 4.78 is 6.44. The van der Waals surface area contributed by atoms with E-state index in [4.69, 9.17) is 10.5 Å². The van der Waals surface area contributed by atoms with Crippen LogP contribution in [0, 0.1) is 6.92 Å². The van der Waals surface area contributed by atoms with Crippen LogP contribution >= 0.6 is 15.9 Å². The van der Waals surface area contributed by atoms with Gasteiger partial charge in [0.1, 0.15) is 17.4 Å². The molecular weight excluding hydrogens is 306 g/mol. The molecule has 0 aliphatic carbocycles. The summed E-state index contributed by atoms with van der Waals surface area (Å²) in [6.07, 6.45) is 0.873. The van der Waals surface area contributed by atoms with Gasteiger partial charge in [-0.25, -0.2) is 9.97 Å². The van der Waals surface area contributed by atoms with Crippen molar-refractivity contribution in [1.29, 1.82) is 0 Å². The van der Waals surface area contributed by atoms with Crippen molar-refractivity contribution >= 4 is 21.7 Å². The Morgan fingerprint density at radius 1 is 1.32 bits per heavy atom. The maximum atomic E-state index is 5.92. The number of halogens is 1. The molecule has 98 valence electrons. The molecule has 1 aliphatic heterocycles. The summed E-state index contributed by atoms with van der Waals surface area (Å²) in [4.78, 5) is 8.98. The molecule has 4 nitrogen and oxygen atoms in total. The normalized spacial score (nSPS) is 17.7. The first-order valence-corrected chi connectivity index (χ1v) is 6.97. The van der Waals surface area contributed by atoms with E-state index in [0.29, 0.717) is 12.4 Å². The van der Waals surface area contributed by atoms with Gasteiger partial charge in [0.2, 0.25) is 0 Å². The molecule has 0 saturated heterocycles. The van der Waals surface area contributed by atoms with E-state index >= 15 is 0 Å². The van der Waals surface area contributed by atoms with Crippen LogP contribution in [0.1, 0.15) is 29.4 Å². The summed E-state index contributed by atoms with van der Waals surface area (Å²) in [7, 11) is 0. The van der Waals surface area contributed by atoms with E-state index < -0.39 is 0 Å². The van der Waals surface area contributed by atoms with Crippen molar-refractivity contribution in [3.05, 3.63) is 45.8 Å². The highest BCUT2D eigenvalue weighted by Gasteiger charge is 2.25. The Kier molecular flexibility index (Phi) is 3.14. The number of fused-ring (bicyclic) bond motifs is 1. The number of aryl methyl sites for hydroxylation is 1. The van der Waals surface area contributed by atoms with Crippen molar-refractivity contribution in [2.75, 3.05) is 12.3 Å². The fourth-order valence-corrected chi connectivity index (χ4v) is 2.55. The van der Waals surface area contributed by atoms with E-state index in [2.05, 4.69) is 32.0 Å². The van der Waals surface area contributed by atoms with Gasteiger partial charge in [0.25, 0.3) is 0 Å². The summed E-state index contributed by atoms with van der Waals surface area (Å²) in [5, 5.41) is 0. The Balaban J connectivity index is 2.09. The van der Waals surface area contributed by atoms with Gasteiger partial charge in [-0.2, -0.15) is 0 Å². The Hall–Kier alpha value is -1.62. The molecule has 19 heavy (non-hydrogen) atoms. The van der Waals surface area contributed by atoms with Crippen LogP contribution < -0.4 is 10.5 Å². The molecule has 0 fully saturated rings. The lowest BCUT2D eigenvalue weighted by molar-refractivity contribution is 0.274. The van der Waals surface area contributed by atoms with E-state index in [0.717, 1.165) is 33.7 Å². The minimum absolute atomic E-state index is 0.152. The summed E-state index contributed by atoms with van der Waals surface area (Å²) >= 11 is 3.39. The van der Waals surface area contributed by atoms with Gasteiger partial charge < -0.3 is 10.5 Å². The Morgan fingerprint density at radius 2 is 2.11 bits per heavy atom. The van der Waals surface area contributed by atoms with Crippen LogP contribution in [-0.4, -0.2) is 16.6 Å². The van der Waals surface area contributed by atoms with Crippen LogP contribution in [0.4, 0.5) is 5.82 Å². The number of para-hydroxylation sites is 1. The number of anilines is 1. The Morgan fingerprint density at radius 3 is 2.89 bits per heavy atom. The lowest BCUT2D eigenvalue weighted by Crippen LogP contribution is -2.18. The van der Waals surface area contributed by atoms with Crippen molar-refractivity contribution in [1.82, 2.24) is 9.97 Å². The summed E-state index contributed by atoms with van der Waals surface area (Å²) in [5.41, 5.74) is 7.92. The molecule has 1 unspecified atom stereocenters. The van der Waals surface area contributed by atoms with Gasteiger partial charge in [-0.05, 0) is 35.3 Å². The molecule has 1 aromatic carbocycles. The molecule has 0 amide bonds. The van der Waals surface area contributed by atoms with E-state index in [1.165, 1.54) is 0 Å². The fourth-order valence-electron chi connectivity index (χ4n) is 2.37. The zero-order valence-corrected chi connectivity index (χ0v) is 12.1. The number of hydrogen-bond acceptors (Lipinski definition) is 4. The molecule has 2 N–H and O–H groups in total. The Labute approximate surface area is 120 Å². The van der Waals surface area contributed by atoms with E-state index in [1.54, 1.807) is 0 Å². The molecule has 2 aromatic rings. The van der Waals surface area contributed by atoms with Gasteiger partial charge in [0.05, 0.1) is 22.7 Å². The van der Waals surface area contributed by atoms with Gasteiger partial charge in [-0.1, -0.05) is 18.2 Å². The van der Waals surface area contributed by atoms with Gasteiger partial charge in [-0.3, -0.25) is 0 Å². The molecule has 3 rings (SSSR count). The molecule has 5 heteroatoms. The molecule has 1 aliphatic rings. The second kappa shape index (κ2) is 4.81. The zero-order valence-electron chi connectivity index (χ0n) is 10.6. The highest BCUT2D eigenvalue weighted by atomic mass is 79.9. The maximum absolute atomic E-state index is 5.92. The van der Waals surface area contributed by atoms with Gasteiger partial charge in [0, 0.05) is 5.56 Å². The summed E-state index contributed by atoms with van der Waals surface area (Å²) in [6.45, 7) is 2.61. The topological polar surface area (TPSA) is 61.0 Å². The third kappa shape index (κ3) is 2.18. The highest BCUT2D eigenvalue weighted by Crippen LogP contribution is 2.37. The number of ether oxygens (including phenoxy) is 1. The number of aromatic nitrogens is 2. The molecule has 0 bridgehead atoms. The fraction of sp³-hybridized carbons (Fsp3) is 0.286. The lowest BCUT2D eigenvalue weighted by atomic mass is 9.92. The lowest BCUT2D eigenvalue weighted by Gasteiger charge is -2.25. The first kappa shape index (κ1) is 12.4. The highest BCUT2D eigenvalue weighted by molar-refractivity contribution is 9.10. The average molecular weight is 320 g/mol. The monoisotopic (exact) mass is 319 g/mol. The number of nitrogen functional groups attached to an aromatic ring is 1. The number of hydrogen-bond donors (Lipinski definition) is 1. The first-order chi connectivity index (χ1) is 9.16. The van der Waals surface area contributed by atoms with Crippen molar-refractivity contribution in [2.45, 2.75) is 19.3 Å². The average Bonchev–Trinajstić information content (AvgIpc) is 2.43. The zero-order chi connectivity index (χ0) is 13.4. The Bertz CT molecular complexity index is 607. The van der Waals surface area contributed by atoms with E-state index in [1.807, 2.05) is 25.1 Å². The molecule has 0 saturated carbocycles. The first-order valence-electron chi connectivity index (χ1n) is 6.18. The van der Waals surface area contributed by atoms with Crippen molar-refractivity contribution in [3.63, 3.8) is 0 Å². The minimum Gasteiger partial charge on any atom is -0.493 e. The van der Waals surface area contributed by atoms with Gasteiger partial charge >= 0.3 is 0 Å². The molecule has 0 spiro atoms. The molecule has 1 aromatic heterocycles. The second-order valence-electron chi connectivity index (χ2n) is 4.59. The van der Waals surface area contributed by atoms with Crippen LogP contribution in [0.25, 0.3) is 0 Å². The maximum Gasteiger partial charge on any atom is 0.141 e. The van der Waals surface area contributed by atoms with E-state index in [-0.39, 0.29) is 5.92 Å². The standard InChI is InChI=1S/C14H14BrN3O/c1-8-12(15)13(16)18-14(17-8)10-6-7-19-11-5-3-2-4-9(10)11/h2-5,10H,6-7H2,1H3,(H2,16,17,18). The molecule has 1 atom stereocenters. The molecular formula is C14H14BrN3O. The van der Waals surface area contributed by atoms with Crippen molar-refractivity contribution in [3.8, 4) is 5.75 Å². The molecule has 2 heterocycles. The number of nitrogens with zero attached hydrogens (tertiary/aromatic N) is 2. The summed E-state index contributed by atoms with van der Waals surface area (Å²) in [5.74, 6) is 2.33. The SMILES string of the molecule is Cc1nc(C2CCOc3ccccc32)nc(N)c1Br. The third-order valence-corrected chi connectivity index (χ3v) is 4.31.